The summed E-state index contributed by atoms with van der Waals surface area (Å²) in [6.45, 7) is -14.5. The van der Waals surface area contributed by atoms with E-state index in [2.05, 4.69) is 54.8 Å². The summed E-state index contributed by atoms with van der Waals surface area (Å²) in [5.74, 6) is -0.677. The van der Waals surface area contributed by atoms with Gasteiger partial charge in [0.1, 0.15) is 122 Å². The van der Waals surface area contributed by atoms with Crippen molar-refractivity contribution < 1.29 is 144 Å². The minimum Gasteiger partial charge on any atom is -0.383 e. The average molecular weight is 2260 g/mol. The first-order chi connectivity index (χ1) is 68.2. The fourth-order valence-electron chi connectivity index (χ4n) is 16.8. The Bertz CT molecular complexity index is 7380. The normalized spacial score (nSPS) is 29.5. The van der Waals surface area contributed by atoms with Crippen LogP contribution >= 0.6 is 50.3 Å². The van der Waals surface area contributed by atoms with Crippen LogP contribution in [0, 0.1) is 34.6 Å². The molecule has 28 atom stereocenters. The van der Waals surface area contributed by atoms with Crippen molar-refractivity contribution in [2.24, 2.45) is 0 Å². The Morgan fingerprint density at radius 2 is 0.641 bits per heavy atom. The van der Waals surface area contributed by atoms with Crippen LogP contribution in [0.2, 0.25) is 0 Å². The molecule has 0 aliphatic carbocycles. The lowest BCUT2D eigenvalue weighted by Crippen LogP contribution is -2.33. The molecule has 73 heteroatoms. The Labute approximate surface area is 833 Å². The average Bonchev–Trinajstić information content (AvgIpc) is 1.63. The van der Waals surface area contributed by atoms with Gasteiger partial charge in [-0.3, -0.25) is 98.2 Å². The Kier molecular flexibility index (Phi) is 33.1. The smallest absolute Gasteiger partial charge is 0.383 e. The number of anilines is 4. The van der Waals surface area contributed by atoms with Gasteiger partial charge in [-0.15, -0.1) is 0 Å². The van der Waals surface area contributed by atoms with Crippen LogP contribution in [0.3, 0.4) is 0 Å². The number of rotatable bonds is 41. The third kappa shape index (κ3) is 25.8. The summed E-state index contributed by atoms with van der Waals surface area (Å²) < 4.78 is 175. The Hall–Kier alpha value is -7.93. The molecule has 7 fully saturated rings. The van der Waals surface area contributed by atoms with Crippen LogP contribution in [0.15, 0.2) is 93.1 Å². The summed E-state index contributed by atoms with van der Waals surface area (Å²) >= 11 is 21.8. The van der Waals surface area contributed by atoms with Crippen molar-refractivity contribution in [2.45, 2.75) is 222 Å². The number of aromatic nitrogens is 18. The van der Waals surface area contributed by atoms with E-state index >= 15 is 0 Å². The monoisotopic (exact) mass is 2250 g/mol. The molecule has 794 valence electrons. The van der Waals surface area contributed by atoms with Gasteiger partial charge in [0.05, 0.1) is 82.8 Å². The summed E-state index contributed by atoms with van der Waals surface area (Å²) in [4.78, 5) is 236. The van der Waals surface area contributed by atoms with E-state index in [1.54, 1.807) is 6.92 Å². The van der Waals surface area contributed by atoms with Crippen LogP contribution in [0.5, 0.6) is 0 Å². The van der Waals surface area contributed by atoms with Crippen LogP contribution in [0.1, 0.15) is 130 Å². The van der Waals surface area contributed by atoms with E-state index in [0.29, 0.717) is 5.56 Å². The number of ether oxygens (including phenoxy) is 7. The summed E-state index contributed by atoms with van der Waals surface area (Å²) in [6, 6.07) is 0. The van der Waals surface area contributed by atoms with E-state index in [1.165, 1.54) is 81.2 Å². The van der Waals surface area contributed by atoms with E-state index in [9.17, 15) is 91.1 Å². The highest BCUT2D eigenvalue weighted by Crippen LogP contribution is 2.59. The molecular formula is C72H97N22O40P7S4. The number of aromatic amines is 4. The standard InChI is InChI=1S/C72H97N22O40P7S4/c1-8-35-36(9-49(121-35)90-18-32(4)63(95)85-70(90)101)132-139(111,143)118-24-46-39(12-51(124-46)89-17-31(3)59(74)82-69(89)100)130-136(106,107)116-22-44-38(11-52(123-44)91-19-33(5)64(96)86-71(91)102)129-135(104,105)115-21-43-37(10-50(122-43)88-16-30(2)58(73)81-68(88)99)128-137(108,109)117-23-45-42(15-54(126-45)93-28-79-56-60(75)77-27-78-61(56)93)134-141(113,145)120-26-48-41(13-53(125-48)92-20-34(6)65(97)87-72(92)103)133-140(112,144)119-25-47-40(131-138(110,142)114-7)14-55(127-47)94-29-80-57-62(94)83-67(76)84-66(57)98/h16-20,27-29,35-55H,8-15,21-26H2,1-7H3,(H,104,105)(H,106,107)(H,108,109)(H,110,142)(H,111,143)(H,112,144)(H,113,145)(H2,73,81,99)(H2,74,82,100)(H2,75,77,78)(H,85,95,101)(H,86,96,102)(H,87,97,103)(H3,76,83,84,98)/t35-,36?,37?,38?,39?,40?,41?,42?,43-,44-,45-,46-,47-,48-,49-,50-,51-,52-,53-,54-,55-,138?,139?,140?,141?/m1/s1. The lowest BCUT2D eigenvalue weighted by Gasteiger charge is -2.28. The number of nitrogen functional groups attached to an aromatic ring is 4. The maximum atomic E-state index is 14.7. The molecule has 9 aromatic heterocycles. The first kappa shape index (κ1) is 110. The van der Waals surface area contributed by atoms with Gasteiger partial charge >= 0.3 is 78.8 Å². The molecule has 7 aliphatic heterocycles. The minimum absolute atomic E-state index is 0.00686. The van der Waals surface area contributed by atoms with Crippen molar-refractivity contribution in [1.29, 1.82) is 0 Å². The zero-order valence-corrected chi connectivity index (χ0v) is 86.1. The first-order valence-electron chi connectivity index (χ1n) is 43.6. The lowest BCUT2D eigenvalue weighted by atomic mass is 10.1. The molecule has 0 aromatic carbocycles. The number of hydrogen-bond donors (Lipinski definition) is 15. The highest BCUT2D eigenvalue weighted by molar-refractivity contribution is 8.08. The maximum Gasteiger partial charge on any atom is 0.472 e. The number of phosphoric acid groups is 3. The van der Waals surface area contributed by atoms with Gasteiger partial charge in [-0.05, 0) is 88.3 Å². The zero-order chi connectivity index (χ0) is 105. The molecule has 0 spiro atoms. The van der Waals surface area contributed by atoms with Crippen molar-refractivity contribution in [3.05, 3.63) is 172 Å². The van der Waals surface area contributed by atoms with Crippen molar-refractivity contribution in [3.63, 3.8) is 0 Å². The highest BCUT2D eigenvalue weighted by atomic mass is 32.5. The van der Waals surface area contributed by atoms with Crippen LogP contribution in [-0.2, 0) is 157 Å². The third-order valence-electron chi connectivity index (χ3n) is 24.0. The molecule has 7 saturated heterocycles. The topological polar surface area (TPSA) is 832 Å². The quantitative estimate of drug-likeness (QED) is 0.0225. The van der Waals surface area contributed by atoms with E-state index in [4.69, 9.17) is 167 Å². The van der Waals surface area contributed by atoms with Crippen LogP contribution < -0.4 is 73.6 Å². The number of hydrogen-bond acceptors (Lipinski definition) is 48. The molecule has 0 radical (unpaired) electrons. The minimum atomic E-state index is -5.70. The van der Waals surface area contributed by atoms with Gasteiger partial charge in [-0.2, -0.15) is 15.0 Å². The lowest BCUT2D eigenvalue weighted by molar-refractivity contribution is -0.0639. The van der Waals surface area contributed by atoms with Gasteiger partial charge in [-0.1, -0.05) is 6.92 Å². The fourth-order valence-corrected chi connectivity index (χ4v) is 25.1. The van der Waals surface area contributed by atoms with Gasteiger partial charge in [0.2, 0.25) is 5.95 Å². The molecule has 145 heavy (non-hydrogen) atoms. The van der Waals surface area contributed by atoms with Gasteiger partial charge in [0.25, 0.3) is 22.2 Å². The molecule has 62 nitrogen and oxygen atoms in total. The van der Waals surface area contributed by atoms with Gasteiger partial charge in [-0.25, -0.2) is 57.6 Å². The second-order valence-corrected chi connectivity index (χ2v) is 49.5. The second kappa shape index (κ2) is 43.8. The number of H-pyrrole nitrogens is 4. The highest BCUT2D eigenvalue weighted by Gasteiger charge is 2.53. The number of phosphoric ester groups is 3. The Morgan fingerprint density at radius 1 is 0.352 bits per heavy atom. The number of fused-ring (bicyclic) bond motifs is 2. The molecule has 16 heterocycles. The predicted molar refractivity (Wildman–Crippen MR) is 508 cm³/mol. The maximum absolute atomic E-state index is 14.7. The number of nitrogens with one attached hydrogen (secondary N) is 4. The van der Waals surface area contributed by atoms with Crippen LogP contribution in [0.25, 0.3) is 22.3 Å². The van der Waals surface area contributed by atoms with Crippen molar-refractivity contribution in [2.75, 3.05) is 69.7 Å². The van der Waals surface area contributed by atoms with Gasteiger partial charge in [0.15, 0.2) is 22.6 Å². The molecule has 0 bridgehead atoms. The van der Waals surface area contributed by atoms with Crippen molar-refractivity contribution in [1.82, 2.24) is 86.8 Å². The third-order valence-corrected chi connectivity index (χ3v) is 33.5. The summed E-state index contributed by atoms with van der Waals surface area (Å²) in [5.41, 5.74) is 17.0. The first-order valence-corrected chi connectivity index (χ1v) is 58.4. The van der Waals surface area contributed by atoms with Crippen molar-refractivity contribution >= 4 is 143 Å². The predicted octanol–water partition coefficient (Wildman–Crippen LogP) is 0.0281. The molecule has 16 rings (SSSR count). The summed E-state index contributed by atoms with van der Waals surface area (Å²) in [5, 5.41) is 0. The molecule has 7 aliphatic rings. The molecule has 0 saturated carbocycles. The second-order valence-electron chi connectivity index (χ2n) is 34.0. The molecule has 9 aromatic rings. The number of imidazole rings is 2. The van der Waals surface area contributed by atoms with E-state index in [1.807, 2.05) is 0 Å². The zero-order valence-electron chi connectivity index (χ0n) is 76.6. The number of nitrogens with zero attached hydrogens (tertiary/aromatic N) is 14. The molecule has 0 amide bonds. The van der Waals surface area contributed by atoms with Gasteiger partial charge < -0.3 is 127 Å². The van der Waals surface area contributed by atoms with Crippen LogP contribution in [0.4, 0.5) is 23.4 Å². The summed E-state index contributed by atoms with van der Waals surface area (Å²) in [7, 11) is -15.8. The Balaban J connectivity index is 0.605. The Morgan fingerprint density at radius 3 is 0.986 bits per heavy atom. The molecule has 14 unspecified atom stereocenters. The van der Waals surface area contributed by atoms with Crippen LogP contribution in [-0.4, -0.2) is 253 Å². The SMILES string of the molecule is CC[C@H]1O[C@@H](n2cc(C)c(=O)[nH]c2=O)CC1OP(O)(=S)OC[C@H]1O[C@@H](n2cc(C)c(N)nc2=O)CC1OP(=O)(O)OC[C@H]1O[C@@H](n2cc(C)c(=O)[nH]c2=O)CC1OP(=O)(O)OC[C@H]1O[C@@H](n2cc(C)c(N)nc2=O)CC1OP(=O)(O)OC[C@H]1O[C@@H](n2cnc3c(N)ncnc32)CC1OP(O)(=S)OC[C@H]1O[C@@H](n2cc(C)c(=O)[nH]c2=O)CC1OP(O)(=S)OC[C@H]1O[C@@H](n2cnc3c(=O)[nH]c(N)nc32)CC1OP(O)(=S)OC. The number of aryl methyl sites for hydroxylation is 5. The molecular weight excluding hydrogens is 2160 g/mol. The van der Waals surface area contributed by atoms with E-state index in [0.717, 1.165) is 42.5 Å². The number of nitrogens with two attached hydrogens (primary N) is 4. The fraction of sp³-hybridized carbons (Fsp3) is 0.583. The summed E-state index contributed by atoms with van der Waals surface area (Å²) in [6.07, 6.45) is -22.8. The van der Waals surface area contributed by atoms with Gasteiger partial charge in [0, 0.05) is 111 Å². The van der Waals surface area contributed by atoms with E-state index < -0.39 is 289 Å². The molecule has 19 N–H and O–H groups in total. The van der Waals surface area contributed by atoms with E-state index in [-0.39, 0.29) is 100 Å². The largest absolute Gasteiger partial charge is 0.472 e. The van der Waals surface area contributed by atoms with Crippen molar-refractivity contribution in [3.8, 4) is 0 Å².